The third kappa shape index (κ3) is 3.91. The second kappa shape index (κ2) is 4.59. The number of ether oxygens (including phenoxy) is 1. The van der Waals surface area contributed by atoms with E-state index >= 15 is 0 Å². The van der Waals surface area contributed by atoms with E-state index in [4.69, 9.17) is 0 Å². The molecule has 0 aliphatic heterocycles. The molecule has 14 heavy (non-hydrogen) atoms. The van der Waals surface area contributed by atoms with Crippen LogP contribution in [-0.2, 0) is 5.75 Å². The first-order valence-electron chi connectivity index (χ1n) is 3.85. The van der Waals surface area contributed by atoms with Crippen molar-refractivity contribution in [2.24, 2.45) is 0 Å². The summed E-state index contributed by atoms with van der Waals surface area (Å²) < 4.78 is 39.0. The van der Waals surface area contributed by atoms with E-state index < -0.39 is 6.36 Å². The van der Waals surface area contributed by atoms with Gasteiger partial charge in [0, 0.05) is 5.75 Å². The summed E-state index contributed by atoms with van der Waals surface area (Å²) in [6.45, 7) is 0. The third-order valence-electron chi connectivity index (χ3n) is 1.47. The van der Waals surface area contributed by atoms with E-state index in [1.165, 1.54) is 12.1 Å². The lowest BCUT2D eigenvalue weighted by molar-refractivity contribution is -0.274. The van der Waals surface area contributed by atoms with Crippen molar-refractivity contribution in [3.63, 3.8) is 0 Å². The van der Waals surface area contributed by atoms with Crippen LogP contribution in [0.25, 0.3) is 0 Å². The van der Waals surface area contributed by atoms with Crippen LogP contribution in [0.5, 0.6) is 5.75 Å². The summed E-state index contributed by atoms with van der Waals surface area (Å²) in [5.74, 6) is 0.606. The Morgan fingerprint density at radius 2 is 1.79 bits per heavy atom. The number of halogens is 3. The Bertz CT molecular complexity index is 281. The molecule has 0 saturated carbocycles. The van der Waals surface area contributed by atoms with E-state index in [2.05, 4.69) is 4.74 Å². The lowest BCUT2D eigenvalue weighted by atomic mass is 10.2. The molecule has 0 heterocycles. The van der Waals surface area contributed by atoms with Crippen molar-refractivity contribution < 1.29 is 17.9 Å². The molecule has 5 heteroatoms. The molecule has 1 aromatic carbocycles. The van der Waals surface area contributed by atoms with Crippen molar-refractivity contribution in [3.05, 3.63) is 29.8 Å². The normalized spacial score (nSPS) is 11.4. The first-order valence-corrected chi connectivity index (χ1v) is 5.24. The molecule has 0 unspecified atom stereocenters. The van der Waals surface area contributed by atoms with E-state index in [9.17, 15) is 13.2 Å². The summed E-state index contributed by atoms with van der Waals surface area (Å²) in [6, 6.07) is 5.88. The molecule has 0 bridgehead atoms. The quantitative estimate of drug-likeness (QED) is 0.774. The second-order valence-electron chi connectivity index (χ2n) is 2.62. The number of hydrogen-bond acceptors (Lipinski definition) is 2. The molecule has 0 aliphatic carbocycles. The van der Waals surface area contributed by atoms with Crippen LogP contribution in [0.4, 0.5) is 13.2 Å². The summed E-state index contributed by atoms with van der Waals surface area (Å²) >= 11 is 1.61. The van der Waals surface area contributed by atoms with Gasteiger partial charge in [0.15, 0.2) is 0 Å². The van der Waals surface area contributed by atoms with Crippen LogP contribution in [0.15, 0.2) is 24.3 Å². The van der Waals surface area contributed by atoms with Crippen LogP contribution >= 0.6 is 11.8 Å². The zero-order valence-electron chi connectivity index (χ0n) is 7.47. The highest BCUT2D eigenvalue weighted by Gasteiger charge is 2.30. The van der Waals surface area contributed by atoms with Gasteiger partial charge in [-0.05, 0) is 24.0 Å². The lowest BCUT2D eigenvalue weighted by Crippen LogP contribution is -2.16. The molecule has 0 aliphatic rings. The zero-order valence-corrected chi connectivity index (χ0v) is 8.28. The highest BCUT2D eigenvalue weighted by atomic mass is 32.2. The Morgan fingerprint density at radius 1 is 1.21 bits per heavy atom. The minimum Gasteiger partial charge on any atom is -0.406 e. The molecule has 0 atom stereocenters. The maximum absolute atomic E-state index is 11.8. The van der Waals surface area contributed by atoms with Crippen molar-refractivity contribution >= 4 is 11.8 Å². The molecule has 1 rings (SSSR count). The van der Waals surface area contributed by atoms with E-state index in [0.717, 1.165) is 11.3 Å². The summed E-state index contributed by atoms with van der Waals surface area (Å²) in [6.07, 6.45) is -2.68. The number of alkyl halides is 3. The molecule has 1 aromatic rings. The molecular weight excluding hydrogens is 213 g/mol. The van der Waals surface area contributed by atoms with E-state index in [-0.39, 0.29) is 5.75 Å². The van der Waals surface area contributed by atoms with Crippen LogP contribution < -0.4 is 4.74 Å². The molecule has 78 valence electrons. The standard InChI is InChI=1S/C9H9F3OS/c1-14-6-7-2-4-8(5-3-7)13-9(10,11)12/h2-5H,6H2,1H3. The van der Waals surface area contributed by atoms with Crippen molar-refractivity contribution in [2.45, 2.75) is 12.1 Å². The van der Waals surface area contributed by atoms with Gasteiger partial charge in [-0.15, -0.1) is 13.2 Å². The molecule has 0 aromatic heterocycles. The van der Waals surface area contributed by atoms with Crippen LogP contribution in [0.2, 0.25) is 0 Å². The second-order valence-corrected chi connectivity index (χ2v) is 3.49. The Kier molecular flexibility index (Phi) is 3.69. The van der Waals surface area contributed by atoms with Gasteiger partial charge in [-0.1, -0.05) is 12.1 Å². The summed E-state index contributed by atoms with van der Waals surface area (Å²) in [4.78, 5) is 0. The van der Waals surface area contributed by atoms with Gasteiger partial charge in [0.05, 0.1) is 0 Å². The molecule has 0 saturated heterocycles. The maximum atomic E-state index is 11.8. The largest absolute Gasteiger partial charge is 0.573 e. The Morgan fingerprint density at radius 3 is 2.21 bits per heavy atom. The van der Waals surface area contributed by atoms with E-state index in [1.807, 2.05) is 6.26 Å². The molecule has 0 N–H and O–H groups in total. The van der Waals surface area contributed by atoms with Crippen LogP contribution in [0.1, 0.15) is 5.56 Å². The van der Waals surface area contributed by atoms with Gasteiger partial charge in [-0.25, -0.2) is 0 Å². The third-order valence-corrected chi connectivity index (χ3v) is 2.09. The van der Waals surface area contributed by atoms with Crippen LogP contribution in [0, 0.1) is 0 Å². The maximum Gasteiger partial charge on any atom is 0.573 e. The zero-order chi connectivity index (χ0) is 10.6. The smallest absolute Gasteiger partial charge is 0.406 e. The average molecular weight is 222 g/mol. The van der Waals surface area contributed by atoms with Crippen LogP contribution in [0.3, 0.4) is 0 Å². The van der Waals surface area contributed by atoms with Gasteiger partial charge in [0.2, 0.25) is 0 Å². The first-order chi connectivity index (χ1) is 6.51. The molecule has 0 spiro atoms. The Labute approximate surface area is 84.3 Å². The predicted molar refractivity (Wildman–Crippen MR) is 50.3 cm³/mol. The predicted octanol–water partition coefficient (Wildman–Crippen LogP) is 3.45. The lowest BCUT2D eigenvalue weighted by Gasteiger charge is -2.08. The fourth-order valence-electron chi connectivity index (χ4n) is 0.954. The van der Waals surface area contributed by atoms with Crippen molar-refractivity contribution in [1.82, 2.24) is 0 Å². The van der Waals surface area contributed by atoms with Gasteiger partial charge in [0.25, 0.3) is 0 Å². The summed E-state index contributed by atoms with van der Waals surface area (Å²) in [5, 5.41) is 0. The Balaban J connectivity index is 2.64. The number of benzene rings is 1. The number of rotatable bonds is 3. The van der Waals surface area contributed by atoms with Crippen molar-refractivity contribution in [2.75, 3.05) is 6.26 Å². The first kappa shape index (κ1) is 11.2. The topological polar surface area (TPSA) is 9.23 Å². The monoisotopic (exact) mass is 222 g/mol. The van der Waals surface area contributed by atoms with E-state index in [0.29, 0.717) is 0 Å². The van der Waals surface area contributed by atoms with Gasteiger partial charge in [-0.2, -0.15) is 11.8 Å². The molecule has 0 fully saturated rings. The van der Waals surface area contributed by atoms with Crippen molar-refractivity contribution in [1.29, 1.82) is 0 Å². The Hall–Kier alpha value is -0.840. The fraction of sp³-hybridized carbons (Fsp3) is 0.333. The molecular formula is C9H9F3OS. The van der Waals surface area contributed by atoms with E-state index in [1.54, 1.807) is 23.9 Å². The SMILES string of the molecule is CSCc1ccc(OC(F)(F)F)cc1. The van der Waals surface area contributed by atoms with Gasteiger partial charge >= 0.3 is 6.36 Å². The van der Waals surface area contributed by atoms with Gasteiger partial charge in [-0.3, -0.25) is 0 Å². The number of hydrogen-bond donors (Lipinski definition) is 0. The highest BCUT2D eigenvalue weighted by Crippen LogP contribution is 2.23. The minimum atomic E-state index is -4.61. The van der Waals surface area contributed by atoms with Gasteiger partial charge in [0.1, 0.15) is 5.75 Å². The van der Waals surface area contributed by atoms with Crippen LogP contribution in [-0.4, -0.2) is 12.6 Å². The van der Waals surface area contributed by atoms with Crippen molar-refractivity contribution in [3.8, 4) is 5.75 Å². The highest BCUT2D eigenvalue weighted by molar-refractivity contribution is 7.97. The summed E-state index contributed by atoms with van der Waals surface area (Å²) in [7, 11) is 0. The van der Waals surface area contributed by atoms with Gasteiger partial charge < -0.3 is 4.74 Å². The summed E-state index contributed by atoms with van der Waals surface area (Å²) in [5.41, 5.74) is 0.979. The molecule has 1 nitrogen and oxygen atoms in total. The average Bonchev–Trinajstić information content (AvgIpc) is 2.06. The molecule has 0 amide bonds. The minimum absolute atomic E-state index is 0.178. The molecule has 0 radical (unpaired) electrons. The fourth-order valence-corrected chi connectivity index (χ4v) is 1.48. The number of thioether (sulfide) groups is 1.